The van der Waals surface area contributed by atoms with Crippen LogP contribution in [0, 0.1) is 19.8 Å². The number of aliphatic carboxylic acids is 1. The summed E-state index contributed by atoms with van der Waals surface area (Å²) in [6.07, 6.45) is 2.25. The summed E-state index contributed by atoms with van der Waals surface area (Å²) in [5.74, 6) is -1.75. The van der Waals surface area contributed by atoms with E-state index >= 15 is 0 Å². The molecule has 1 aromatic heterocycles. The van der Waals surface area contributed by atoms with E-state index in [-0.39, 0.29) is 18.9 Å². The van der Waals surface area contributed by atoms with E-state index in [1.54, 1.807) is 6.20 Å². The Morgan fingerprint density at radius 3 is 2.58 bits per heavy atom. The van der Waals surface area contributed by atoms with E-state index in [0.29, 0.717) is 6.42 Å². The van der Waals surface area contributed by atoms with Gasteiger partial charge in [-0.05, 0) is 37.5 Å². The molecule has 0 aliphatic heterocycles. The van der Waals surface area contributed by atoms with E-state index in [1.165, 1.54) is 0 Å². The zero-order valence-corrected chi connectivity index (χ0v) is 14.0. The van der Waals surface area contributed by atoms with Gasteiger partial charge in [0.05, 0.1) is 12.3 Å². The van der Waals surface area contributed by atoms with Gasteiger partial charge in [-0.25, -0.2) is 0 Å². The first-order chi connectivity index (χ1) is 11.4. The summed E-state index contributed by atoms with van der Waals surface area (Å²) < 4.78 is 0. The fourth-order valence-corrected chi connectivity index (χ4v) is 2.46. The number of aryl methyl sites for hydroxylation is 2. The number of pyridine rings is 1. The van der Waals surface area contributed by atoms with Crippen molar-refractivity contribution in [3.8, 4) is 0 Å². The van der Waals surface area contributed by atoms with Crippen LogP contribution >= 0.6 is 0 Å². The topological polar surface area (TPSA) is 79.3 Å². The Morgan fingerprint density at radius 2 is 1.96 bits per heavy atom. The Labute approximate surface area is 141 Å². The van der Waals surface area contributed by atoms with Gasteiger partial charge in [0.15, 0.2) is 0 Å². The molecule has 5 nitrogen and oxygen atoms in total. The first kappa shape index (κ1) is 17.7. The van der Waals surface area contributed by atoms with E-state index in [0.717, 1.165) is 22.4 Å². The summed E-state index contributed by atoms with van der Waals surface area (Å²) in [7, 11) is 0. The van der Waals surface area contributed by atoms with Crippen molar-refractivity contribution >= 4 is 11.9 Å². The highest BCUT2D eigenvalue weighted by molar-refractivity contribution is 5.79. The number of hydrogen-bond acceptors (Lipinski definition) is 3. The van der Waals surface area contributed by atoms with Gasteiger partial charge >= 0.3 is 5.97 Å². The standard InChI is InChI=1S/C19H22N2O3/c1-13-4-3-5-15(8-13)9-17(19(23)24)12-21-18(22)10-16-7-6-14(2)20-11-16/h3-8,11,17H,9-10,12H2,1-2H3,(H,21,22)(H,23,24)/t17-/m1/s1. The molecule has 0 aliphatic rings. The van der Waals surface area contributed by atoms with E-state index in [4.69, 9.17) is 0 Å². The Hall–Kier alpha value is -2.69. The van der Waals surface area contributed by atoms with Crippen LogP contribution in [0.5, 0.6) is 0 Å². The van der Waals surface area contributed by atoms with Crippen LogP contribution in [-0.4, -0.2) is 28.5 Å². The van der Waals surface area contributed by atoms with Crippen LogP contribution in [0.1, 0.15) is 22.4 Å². The van der Waals surface area contributed by atoms with Gasteiger partial charge < -0.3 is 10.4 Å². The van der Waals surface area contributed by atoms with Gasteiger partial charge in [0.1, 0.15) is 0 Å². The molecule has 0 bridgehead atoms. The minimum Gasteiger partial charge on any atom is -0.481 e. The van der Waals surface area contributed by atoms with Gasteiger partial charge in [-0.15, -0.1) is 0 Å². The van der Waals surface area contributed by atoms with Crippen molar-refractivity contribution in [2.45, 2.75) is 26.7 Å². The molecule has 2 aromatic rings. The summed E-state index contributed by atoms with van der Waals surface area (Å²) in [5, 5.41) is 12.1. The zero-order chi connectivity index (χ0) is 17.5. The second-order valence-corrected chi connectivity index (χ2v) is 6.02. The number of benzene rings is 1. The van der Waals surface area contributed by atoms with Gasteiger partial charge in [0.2, 0.25) is 5.91 Å². The SMILES string of the molecule is Cc1cccc(C[C@H](CNC(=O)Cc2ccc(C)nc2)C(=O)O)c1. The maximum Gasteiger partial charge on any atom is 0.308 e. The Kier molecular flexibility index (Phi) is 6.07. The molecule has 2 N–H and O–H groups in total. The van der Waals surface area contributed by atoms with E-state index < -0.39 is 11.9 Å². The number of carboxylic acid groups (broad SMARTS) is 1. The van der Waals surface area contributed by atoms with Crippen molar-refractivity contribution in [3.63, 3.8) is 0 Å². The summed E-state index contributed by atoms with van der Waals surface area (Å²) in [6, 6.07) is 11.4. The smallest absolute Gasteiger partial charge is 0.308 e. The fourth-order valence-electron chi connectivity index (χ4n) is 2.46. The molecule has 0 spiro atoms. The summed E-state index contributed by atoms with van der Waals surface area (Å²) in [4.78, 5) is 27.6. The Balaban J connectivity index is 1.90. The van der Waals surface area contributed by atoms with Crippen LogP contribution in [0.25, 0.3) is 0 Å². The normalized spacial score (nSPS) is 11.8. The molecular formula is C19H22N2O3. The van der Waals surface area contributed by atoms with Gasteiger partial charge in [-0.2, -0.15) is 0 Å². The minimum absolute atomic E-state index is 0.112. The van der Waals surface area contributed by atoms with Crippen LogP contribution in [0.3, 0.4) is 0 Å². The van der Waals surface area contributed by atoms with Crippen molar-refractivity contribution < 1.29 is 14.7 Å². The molecule has 0 saturated heterocycles. The number of rotatable bonds is 7. The van der Waals surface area contributed by atoms with Crippen molar-refractivity contribution in [2.75, 3.05) is 6.54 Å². The molecule has 1 aromatic carbocycles. The van der Waals surface area contributed by atoms with Crippen molar-refractivity contribution in [3.05, 3.63) is 65.0 Å². The average molecular weight is 326 g/mol. The lowest BCUT2D eigenvalue weighted by Gasteiger charge is -2.14. The zero-order valence-electron chi connectivity index (χ0n) is 14.0. The second kappa shape index (κ2) is 8.24. The summed E-state index contributed by atoms with van der Waals surface area (Å²) in [6.45, 7) is 3.96. The lowest BCUT2D eigenvalue weighted by molar-refractivity contribution is -0.141. The average Bonchev–Trinajstić information content (AvgIpc) is 2.53. The summed E-state index contributed by atoms with van der Waals surface area (Å²) in [5.41, 5.74) is 3.75. The van der Waals surface area contributed by atoms with Crippen LogP contribution in [0.2, 0.25) is 0 Å². The molecule has 1 amide bonds. The first-order valence-corrected chi connectivity index (χ1v) is 7.90. The number of hydrogen-bond donors (Lipinski definition) is 2. The van der Waals surface area contributed by atoms with Crippen molar-refractivity contribution in [1.82, 2.24) is 10.3 Å². The van der Waals surface area contributed by atoms with Crippen molar-refractivity contribution in [1.29, 1.82) is 0 Å². The van der Waals surface area contributed by atoms with Crippen molar-refractivity contribution in [2.24, 2.45) is 5.92 Å². The lowest BCUT2D eigenvalue weighted by Crippen LogP contribution is -2.34. The van der Waals surface area contributed by atoms with Gasteiger partial charge in [0, 0.05) is 18.4 Å². The molecule has 0 radical (unpaired) electrons. The molecule has 0 saturated carbocycles. The largest absolute Gasteiger partial charge is 0.481 e. The van der Waals surface area contributed by atoms with Crippen LogP contribution in [0.15, 0.2) is 42.6 Å². The van der Waals surface area contributed by atoms with E-state index in [1.807, 2.05) is 50.2 Å². The molecule has 24 heavy (non-hydrogen) atoms. The Morgan fingerprint density at radius 1 is 1.17 bits per heavy atom. The molecule has 0 fully saturated rings. The monoisotopic (exact) mass is 326 g/mol. The third-order valence-electron chi connectivity index (χ3n) is 3.80. The maximum absolute atomic E-state index is 12.0. The summed E-state index contributed by atoms with van der Waals surface area (Å²) >= 11 is 0. The highest BCUT2D eigenvalue weighted by Crippen LogP contribution is 2.11. The van der Waals surface area contributed by atoms with Crippen LogP contribution in [-0.2, 0) is 22.4 Å². The number of aromatic nitrogens is 1. The fraction of sp³-hybridized carbons (Fsp3) is 0.316. The quantitative estimate of drug-likeness (QED) is 0.818. The van der Waals surface area contributed by atoms with E-state index in [2.05, 4.69) is 10.3 Å². The Bertz CT molecular complexity index is 711. The molecule has 0 unspecified atom stereocenters. The third kappa shape index (κ3) is 5.50. The predicted molar refractivity (Wildman–Crippen MR) is 91.7 cm³/mol. The molecular weight excluding hydrogens is 304 g/mol. The molecule has 1 heterocycles. The van der Waals surface area contributed by atoms with Crippen LogP contribution < -0.4 is 5.32 Å². The number of nitrogens with zero attached hydrogens (tertiary/aromatic N) is 1. The minimum atomic E-state index is -0.909. The molecule has 0 aliphatic carbocycles. The molecule has 126 valence electrons. The third-order valence-corrected chi connectivity index (χ3v) is 3.80. The molecule has 2 rings (SSSR count). The number of carboxylic acids is 1. The molecule has 1 atom stereocenters. The number of amides is 1. The van der Waals surface area contributed by atoms with Gasteiger partial charge in [0.25, 0.3) is 0 Å². The number of carbonyl (C=O) groups excluding carboxylic acids is 1. The number of carbonyl (C=O) groups is 2. The molecule has 5 heteroatoms. The first-order valence-electron chi connectivity index (χ1n) is 7.90. The highest BCUT2D eigenvalue weighted by Gasteiger charge is 2.19. The maximum atomic E-state index is 12.0. The van der Waals surface area contributed by atoms with E-state index in [9.17, 15) is 14.7 Å². The van der Waals surface area contributed by atoms with Crippen LogP contribution in [0.4, 0.5) is 0 Å². The lowest BCUT2D eigenvalue weighted by atomic mass is 9.98. The highest BCUT2D eigenvalue weighted by atomic mass is 16.4. The predicted octanol–water partition coefficient (Wildman–Crippen LogP) is 2.30. The van der Waals surface area contributed by atoms with Gasteiger partial charge in [-0.1, -0.05) is 35.9 Å². The number of nitrogens with one attached hydrogen (secondary N) is 1. The van der Waals surface area contributed by atoms with Gasteiger partial charge in [-0.3, -0.25) is 14.6 Å². The second-order valence-electron chi connectivity index (χ2n) is 6.02.